The fourth-order valence-electron chi connectivity index (χ4n) is 2.37. The average Bonchev–Trinajstić information content (AvgIpc) is 2.93. The predicted molar refractivity (Wildman–Crippen MR) is 65.8 cm³/mol. The van der Waals surface area contributed by atoms with Crippen molar-refractivity contribution in [2.24, 2.45) is 0 Å². The van der Waals surface area contributed by atoms with Crippen LogP contribution in [0.5, 0.6) is 0 Å². The maximum Gasteiger partial charge on any atom is 0.356 e. The Morgan fingerprint density at radius 3 is 2.72 bits per heavy atom. The molecule has 18 heavy (non-hydrogen) atoms. The van der Waals surface area contributed by atoms with Crippen LogP contribution in [0.4, 0.5) is 11.6 Å². The molecule has 3 heterocycles. The summed E-state index contributed by atoms with van der Waals surface area (Å²) >= 11 is 0. The molecular weight excluding hydrogens is 234 g/mol. The Morgan fingerprint density at radius 2 is 2.06 bits per heavy atom. The molecule has 3 rings (SSSR count). The van der Waals surface area contributed by atoms with Gasteiger partial charge in [0.15, 0.2) is 11.3 Å². The van der Waals surface area contributed by atoms with E-state index in [1.54, 1.807) is 12.1 Å². The van der Waals surface area contributed by atoms with E-state index in [9.17, 15) is 9.90 Å². The molecule has 0 spiro atoms. The van der Waals surface area contributed by atoms with E-state index >= 15 is 0 Å². The van der Waals surface area contributed by atoms with E-state index in [-0.39, 0.29) is 11.6 Å². The van der Waals surface area contributed by atoms with Crippen molar-refractivity contribution < 1.29 is 9.90 Å². The summed E-state index contributed by atoms with van der Waals surface area (Å²) in [5, 5.41) is 13.3. The lowest BCUT2D eigenvalue weighted by molar-refractivity contribution is 0.0688. The third-order valence-corrected chi connectivity index (χ3v) is 3.14. The number of carbonyl (C=O) groups is 1. The average molecular weight is 247 g/mol. The lowest BCUT2D eigenvalue weighted by Gasteiger charge is -2.19. The molecule has 0 unspecified atom stereocenters. The molecule has 2 aromatic heterocycles. The Balaban J connectivity index is 2.24. The molecule has 0 atom stereocenters. The summed E-state index contributed by atoms with van der Waals surface area (Å²) in [6.07, 6.45) is 2.16. The van der Waals surface area contributed by atoms with E-state index in [0.717, 1.165) is 25.9 Å². The van der Waals surface area contributed by atoms with Crippen LogP contribution in [0.2, 0.25) is 0 Å². The Kier molecular flexibility index (Phi) is 2.32. The smallest absolute Gasteiger partial charge is 0.356 e. The number of aromatic nitrogens is 3. The van der Waals surface area contributed by atoms with Gasteiger partial charge in [-0.25, -0.2) is 9.31 Å². The van der Waals surface area contributed by atoms with Crippen molar-refractivity contribution in [2.75, 3.05) is 23.7 Å². The first kappa shape index (κ1) is 10.8. The van der Waals surface area contributed by atoms with Crippen molar-refractivity contribution >= 4 is 23.3 Å². The second kappa shape index (κ2) is 3.86. The largest absolute Gasteiger partial charge is 0.476 e. The quantitative estimate of drug-likeness (QED) is 0.807. The van der Waals surface area contributed by atoms with Crippen LogP contribution in [-0.2, 0) is 0 Å². The molecule has 0 amide bonds. The number of carboxylic acids is 1. The van der Waals surface area contributed by atoms with E-state index in [4.69, 9.17) is 5.73 Å². The van der Waals surface area contributed by atoms with Crippen molar-refractivity contribution in [3.05, 3.63) is 17.8 Å². The number of aromatic carboxylic acids is 1. The summed E-state index contributed by atoms with van der Waals surface area (Å²) in [6, 6.07) is 3.52. The summed E-state index contributed by atoms with van der Waals surface area (Å²) in [6.45, 7) is 1.74. The summed E-state index contributed by atoms with van der Waals surface area (Å²) in [7, 11) is 0. The Hall–Kier alpha value is -2.31. The van der Waals surface area contributed by atoms with Crippen LogP contribution in [0.1, 0.15) is 23.3 Å². The maximum absolute atomic E-state index is 11.4. The van der Waals surface area contributed by atoms with Crippen LogP contribution in [0.25, 0.3) is 5.65 Å². The van der Waals surface area contributed by atoms with Crippen molar-refractivity contribution in [1.29, 1.82) is 0 Å². The first-order valence-electron chi connectivity index (χ1n) is 5.80. The molecule has 7 heteroatoms. The number of hydrogen-bond donors (Lipinski definition) is 2. The number of nitrogens with zero attached hydrogens (tertiary/aromatic N) is 4. The number of rotatable bonds is 2. The molecule has 7 nitrogen and oxygen atoms in total. The van der Waals surface area contributed by atoms with Gasteiger partial charge in [0.1, 0.15) is 0 Å². The van der Waals surface area contributed by atoms with Crippen LogP contribution in [0.3, 0.4) is 0 Å². The SMILES string of the molecule is Nc1nc2ccc(N3CCCC3)c(C(=O)O)n2n1. The molecule has 1 fully saturated rings. The van der Waals surface area contributed by atoms with E-state index < -0.39 is 5.97 Å². The molecule has 3 N–H and O–H groups in total. The normalized spacial score (nSPS) is 15.4. The fourth-order valence-corrected chi connectivity index (χ4v) is 2.37. The molecule has 1 aliphatic heterocycles. The Morgan fingerprint density at radius 1 is 1.33 bits per heavy atom. The second-order valence-corrected chi connectivity index (χ2v) is 4.31. The number of nitrogens with two attached hydrogens (primary N) is 1. The summed E-state index contributed by atoms with van der Waals surface area (Å²) in [4.78, 5) is 17.5. The number of pyridine rings is 1. The highest BCUT2D eigenvalue weighted by molar-refractivity contribution is 5.93. The van der Waals surface area contributed by atoms with Gasteiger partial charge in [-0.3, -0.25) is 0 Å². The van der Waals surface area contributed by atoms with Gasteiger partial charge in [-0.2, -0.15) is 4.98 Å². The van der Waals surface area contributed by atoms with Crippen LogP contribution >= 0.6 is 0 Å². The zero-order valence-electron chi connectivity index (χ0n) is 9.70. The highest BCUT2D eigenvalue weighted by atomic mass is 16.4. The lowest BCUT2D eigenvalue weighted by atomic mass is 10.2. The van der Waals surface area contributed by atoms with Crippen LogP contribution < -0.4 is 10.6 Å². The van der Waals surface area contributed by atoms with Gasteiger partial charge in [0.25, 0.3) is 0 Å². The number of carboxylic acid groups (broad SMARTS) is 1. The first-order valence-corrected chi connectivity index (χ1v) is 5.80. The number of nitrogen functional groups attached to an aromatic ring is 1. The third-order valence-electron chi connectivity index (χ3n) is 3.14. The predicted octanol–water partition coefficient (Wildman–Crippen LogP) is 0.610. The van der Waals surface area contributed by atoms with Gasteiger partial charge >= 0.3 is 5.97 Å². The molecule has 0 aromatic carbocycles. The summed E-state index contributed by atoms with van der Waals surface area (Å²) in [5.41, 5.74) is 6.77. The van der Waals surface area contributed by atoms with Crippen molar-refractivity contribution in [2.45, 2.75) is 12.8 Å². The van der Waals surface area contributed by atoms with E-state index in [1.807, 2.05) is 0 Å². The molecule has 94 valence electrons. The topological polar surface area (TPSA) is 96.8 Å². The highest BCUT2D eigenvalue weighted by Crippen LogP contribution is 2.25. The Labute approximate surface area is 103 Å². The highest BCUT2D eigenvalue weighted by Gasteiger charge is 2.23. The Bertz CT molecular complexity index is 615. The van der Waals surface area contributed by atoms with Crippen molar-refractivity contribution in [3.8, 4) is 0 Å². The molecule has 1 saturated heterocycles. The monoisotopic (exact) mass is 247 g/mol. The maximum atomic E-state index is 11.4. The van der Waals surface area contributed by atoms with Gasteiger partial charge < -0.3 is 15.7 Å². The van der Waals surface area contributed by atoms with Gasteiger partial charge in [-0.1, -0.05) is 0 Å². The first-order chi connectivity index (χ1) is 8.66. The zero-order chi connectivity index (χ0) is 12.7. The molecule has 0 saturated carbocycles. The van der Waals surface area contributed by atoms with E-state index in [1.165, 1.54) is 4.52 Å². The molecule has 0 radical (unpaired) electrons. The summed E-state index contributed by atoms with van der Waals surface area (Å²) in [5.74, 6) is -0.941. The van der Waals surface area contributed by atoms with Gasteiger partial charge in [-0.05, 0) is 25.0 Å². The minimum absolute atomic E-state index is 0.0797. The second-order valence-electron chi connectivity index (χ2n) is 4.31. The van der Waals surface area contributed by atoms with Crippen LogP contribution in [-0.4, -0.2) is 38.8 Å². The van der Waals surface area contributed by atoms with E-state index in [0.29, 0.717) is 11.3 Å². The zero-order valence-corrected chi connectivity index (χ0v) is 9.70. The minimum atomic E-state index is -1.02. The lowest BCUT2D eigenvalue weighted by Crippen LogP contribution is -2.22. The van der Waals surface area contributed by atoms with Crippen molar-refractivity contribution in [3.63, 3.8) is 0 Å². The molecule has 1 aliphatic rings. The van der Waals surface area contributed by atoms with Gasteiger partial charge in [-0.15, -0.1) is 5.10 Å². The van der Waals surface area contributed by atoms with E-state index in [2.05, 4.69) is 15.0 Å². The molecule has 0 aliphatic carbocycles. The third kappa shape index (κ3) is 1.55. The number of hydrogen-bond acceptors (Lipinski definition) is 5. The number of fused-ring (bicyclic) bond motifs is 1. The fraction of sp³-hybridized carbons (Fsp3) is 0.364. The van der Waals surface area contributed by atoms with Crippen LogP contribution in [0, 0.1) is 0 Å². The standard InChI is InChI=1S/C11H13N5O2/c12-11-13-8-4-3-7(15-5-1-2-6-15)9(10(17)18)16(8)14-11/h3-4H,1-2,5-6H2,(H2,12,14)(H,17,18). The molecule has 2 aromatic rings. The van der Waals surface area contributed by atoms with Gasteiger partial charge in [0, 0.05) is 13.1 Å². The van der Waals surface area contributed by atoms with Gasteiger partial charge in [0.05, 0.1) is 5.69 Å². The molecule has 0 bridgehead atoms. The number of anilines is 2. The summed E-state index contributed by atoms with van der Waals surface area (Å²) < 4.78 is 1.30. The minimum Gasteiger partial charge on any atom is -0.476 e. The van der Waals surface area contributed by atoms with Crippen molar-refractivity contribution in [1.82, 2.24) is 14.6 Å². The molecular formula is C11H13N5O2. The van der Waals surface area contributed by atoms with Gasteiger partial charge in [0.2, 0.25) is 5.95 Å². The van der Waals surface area contributed by atoms with Crippen LogP contribution in [0.15, 0.2) is 12.1 Å².